The molecule has 0 bridgehead atoms. The van der Waals surface area contributed by atoms with Gasteiger partial charge in [0.1, 0.15) is 11.6 Å². The molecule has 0 radical (unpaired) electrons. The summed E-state index contributed by atoms with van der Waals surface area (Å²) in [5, 5.41) is 5.63. The van der Waals surface area contributed by atoms with Crippen molar-refractivity contribution < 1.29 is 9.21 Å². The van der Waals surface area contributed by atoms with Crippen LogP contribution in [-0.2, 0) is 0 Å². The zero-order chi connectivity index (χ0) is 15.2. The third-order valence-electron chi connectivity index (χ3n) is 3.82. The van der Waals surface area contributed by atoms with Crippen molar-refractivity contribution in [1.82, 2.24) is 15.2 Å². The fourth-order valence-corrected chi connectivity index (χ4v) is 2.73. The molecule has 1 fully saturated rings. The number of aromatic nitrogens is 1. The van der Waals surface area contributed by atoms with Crippen LogP contribution < -0.4 is 10.6 Å². The number of carbonyl (C=O) groups is 1. The molecule has 2 amide bonds. The average Bonchev–Trinajstić information content (AvgIpc) is 3.22. The van der Waals surface area contributed by atoms with Gasteiger partial charge in [0.15, 0.2) is 0 Å². The van der Waals surface area contributed by atoms with Crippen molar-refractivity contribution in [2.75, 3.05) is 25.0 Å². The minimum absolute atomic E-state index is 0.0759. The molecule has 0 unspecified atom stereocenters. The Morgan fingerprint density at radius 1 is 1.27 bits per heavy atom. The number of nitrogens with zero attached hydrogens (tertiary/aromatic N) is 2. The van der Waals surface area contributed by atoms with Crippen LogP contribution in [0.25, 0.3) is 0 Å². The number of likely N-dealkylation sites (tertiary alicyclic amines) is 1. The van der Waals surface area contributed by atoms with Gasteiger partial charge in [0.25, 0.3) is 0 Å². The van der Waals surface area contributed by atoms with Crippen LogP contribution in [0.15, 0.2) is 47.2 Å². The number of pyridine rings is 1. The second kappa shape index (κ2) is 7.09. The third-order valence-corrected chi connectivity index (χ3v) is 3.82. The summed E-state index contributed by atoms with van der Waals surface area (Å²) in [6.07, 6.45) is 5.70. The van der Waals surface area contributed by atoms with E-state index in [1.807, 2.05) is 24.3 Å². The lowest BCUT2D eigenvalue weighted by Crippen LogP contribution is -2.38. The Balaban J connectivity index is 1.58. The van der Waals surface area contributed by atoms with Gasteiger partial charge in [-0.15, -0.1) is 0 Å². The lowest BCUT2D eigenvalue weighted by atomic mass is 10.2. The molecule has 3 rings (SSSR count). The fourth-order valence-electron chi connectivity index (χ4n) is 2.73. The number of hydrogen-bond acceptors (Lipinski definition) is 4. The molecule has 3 heterocycles. The van der Waals surface area contributed by atoms with Gasteiger partial charge in [-0.25, -0.2) is 9.78 Å². The van der Waals surface area contributed by atoms with Crippen molar-refractivity contribution in [3.63, 3.8) is 0 Å². The number of amides is 2. The predicted octanol–water partition coefficient (Wildman–Crippen LogP) is 2.63. The van der Waals surface area contributed by atoms with E-state index in [0.29, 0.717) is 12.4 Å². The highest BCUT2D eigenvalue weighted by Crippen LogP contribution is 2.24. The maximum Gasteiger partial charge on any atom is 0.320 e. The fraction of sp³-hybridized carbons (Fsp3) is 0.375. The molecule has 1 saturated heterocycles. The van der Waals surface area contributed by atoms with Gasteiger partial charge in [0.05, 0.1) is 12.3 Å². The molecule has 1 aliphatic heterocycles. The van der Waals surface area contributed by atoms with Crippen LogP contribution in [0.4, 0.5) is 10.6 Å². The summed E-state index contributed by atoms with van der Waals surface area (Å²) >= 11 is 0. The zero-order valence-corrected chi connectivity index (χ0v) is 12.4. The second-order valence-corrected chi connectivity index (χ2v) is 5.32. The highest BCUT2D eigenvalue weighted by molar-refractivity contribution is 5.88. The molecule has 0 aliphatic carbocycles. The van der Waals surface area contributed by atoms with E-state index in [4.69, 9.17) is 4.42 Å². The van der Waals surface area contributed by atoms with Gasteiger partial charge in [-0.1, -0.05) is 6.07 Å². The highest BCUT2D eigenvalue weighted by Gasteiger charge is 2.25. The monoisotopic (exact) mass is 300 g/mol. The Labute approximate surface area is 129 Å². The molecule has 0 spiro atoms. The molecule has 1 atom stereocenters. The van der Waals surface area contributed by atoms with E-state index < -0.39 is 0 Å². The smallest absolute Gasteiger partial charge is 0.320 e. The van der Waals surface area contributed by atoms with Crippen LogP contribution in [0.3, 0.4) is 0 Å². The number of furan rings is 1. The van der Waals surface area contributed by atoms with Gasteiger partial charge in [0.2, 0.25) is 0 Å². The van der Waals surface area contributed by atoms with Gasteiger partial charge < -0.3 is 9.73 Å². The maximum atomic E-state index is 12.0. The van der Waals surface area contributed by atoms with E-state index in [2.05, 4.69) is 20.5 Å². The maximum absolute atomic E-state index is 12.0. The Bertz CT molecular complexity index is 579. The van der Waals surface area contributed by atoms with Crippen LogP contribution in [0.1, 0.15) is 24.6 Å². The summed E-state index contributed by atoms with van der Waals surface area (Å²) in [5.41, 5.74) is 0. The van der Waals surface area contributed by atoms with Gasteiger partial charge in [0, 0.05) is 12.7 Å². The summed E-state index contributed by atoms with van der Waals surface area (Å²) in [7, 11) is 0. The van der Waals surface area contributed by atoms with Crippen molar-refractivity contribution in [3.8, 4) is 0 Å². The predicted molar refractivity (Wildman–Crippen MR) is 83.5 cm³/mol. The van der Waals surface area contributed by atoms with Crippen molar-refractivity contribution in [3.05, 3.63) is 48.6 Å². The molecule has 1 aliphatic rings. The van der Waals surface area contributed by atoms with Gasteiger partial charge >= 0.3 is 6.03 Å². The number of nitrogens with one attached hydrogen (secondary N) is 2. The summed E-state index contributed by atoms with van der Waals surface area (Å²) < 4.78 is 5.53. The van der Waals surface area contributed by atoms with Crippen LogP contribution in [-0.4, -0.2) is 35.5 Å². The molecular weight excluding hydrogens is 280 g/mol. The van der Waals surface area contributed by atoms with Crippen molar-refractivity contribution in [1.29, 1.82) is 0 Å². The molecule has 2 aromatic heterocycles. The molecule has 0 aromatic carbocycles. The second-order valence-electron chi connectivity index (χ2n) is 5.32. The summed E-state index contributed by atoms with van der Waals surface area (Å²) in [6, 6.07) is 9.06. The summed E-state index contributed by atoms with van der Waals surface area (Å²) in [4.78, 5) is 18.4. The molecule has 0 saturated carbocycles. The molecular formula is C16H20N4O2. The third kappa shape index (κ3) is 3.65. The Morgan fingerprint density at radius 3 is 2.82 bits per heavy atom. The van der Waals surface area contributed by atoms with Crippen molar-refractivity contribution in [2.24, 2.45) is 0 Å². The number of rotatable bonds is 5. The number of urea groups is 1. The minimum Gasteiger partial charge on any atom is -0.468 e. The van der Waals surface area contributed by atoms with Gasteiger partial charge in [-0.2, -0.15) is 0 Å². The largest absolute Gasteiger partial charge is 0.468 e. The first kappa shape index (κ1) is 14.6. The van der Waals surface area contributed by atoms with Crippen LogP contribution in [0, 0.1) is 0 Å². The number of hydrogen-bond donors (Lipinski definition) is 2. The van der Waals surface area contributed by atoms with E-state index in [0.717, 1.165) is 18.8 Å². The van der Waals surface area contributed by atoms with Gasteiger partial charge in [-0.3, -0.25) is 10.2 Å². The van der Waals surface area contributed by atoms with Gasteiger partial charge in [-0.05, 0) is 50.2 Å². The van der Waals surface area contributed by atoms with Crippen LogP contribution in [0.5, 0.6) is 0 Å². The Kier molecular flexibility index (Phi) is 4.70. The molecule has 116 valence electrons. The zero-order valence-electron chi connectivity index (χ0n) is 12.4. The number of carbonyl (C=O) groups excluding carboxylic acids is 1. The highest BCUT2D eigenvalue weighted by atomic mass is 16.3. The van der Waals surface area contributed by atoms with E-state index in [1.54, 1.807) is 18.5 Å². The summed E-state index contributed by atoms with van der Waals surface area (Å²) in [5.74, 6) is 1.43. The van der Waals surface area contributed by atoms with Crippen LogP contribution >= 0.6 is 0 Å². The topological polar surface area (TPSA) is 70.4 Å². The first-order valence-electron chi connectivity index (χ1n) is 7.56. The van der Waals surface area contributed by atoms with E-state index in [-0.39, 0.29) is 12.1 Å². The Hall–Kier alpha value is -2.34. The lowest BCUT2D eigenvalue weighted by molar-refractivity contribution is 0.207. The van der Waals surface area contributed by atoms with E-state index >= 15 is 0 Å². The summed E-state index contributed by atoms with van der Waals surface area (Å²) in [6.45, 7) is 2.58. The SMILES string of the molecule is O=C(NC[C@H](c1ccco1)N1CCCC1)Nc1ccccn1. The van der Waals surface area contributed by atoms with Crippen molar-refractivity contribution >= 4 is 11.8 Å². The number of anilines is 1. The minimum atomic E-state index is -0.255. The molecule has 2 N–H and O–H groups in total. The van der Waals surface area contributed by atoms with Crippen molar-refractivity contribution in [2.45, 2.75) is 18.9 Å². The first-order chi connectivity index (χ1) is 10.8. The Morgan fingerprint density at radius 2 is 2.14 bits per heavy atom. The molecule has 6 nitrogen and oxygen atoms in total. The molecule has 6 heteroatoms. The quantitative estimate of drug-likeness (QED) is 0.890. The first-order valence-corrected chi connectivity index (χ1v) is 7.56. The standard InChI is InChI=1S/C16H20N4O2/c21-16(19-15-7-1-2-8-17-15)18-12-13(14-6-5-11-22-14)20-9-3-4-10-20/h1-2,5-8,11,13H,3-4,9-10,12H2,(H2,17,18,19,21)/t13-/m1/s1. The van der Waals surface area contributed by atoms with E-state index in [1.165, 1.54) is 12.8 Å². The normalized spacial score (nSPS) is 16.4. The molecule has 2 aromatic rings. The average molecular weight is 300 g/mol. The van der Waals surface area contributed by atoms with E-state index in [9.17, 15) is 4.79 Å². The van der Waals surface area contributed by atoms with Crippen LogP contribution in [0.2, 0.25) is 0 Å². The molecule has 22 heavy (non-hydrogen) atoms. The lowest BCUT2D eigenvalue weighted by Gasteiger charge is -2.25.